The molecule has 1 amide bonds. The van der Waals surface area contributed by atoms with Crippen LogP contribution in [0.5, 0.6) is 11.5 Å². The van der Waals surface area contributed by atoms with Gasteiger partial charge in [0.15, 0.2) is 17.1 Å². The standard InChI is InChI=1S/C23H20N4O5S/c1-16-3-7-18(8-4-16)33(29,30)32-19-9-5-17(15-20(19)31-2)6-10-23(28)26-22-11-13-24-21-12-14-25-27(21)22/h3-15H,1-2H3,(H,26,28)/b10-6+. The van der Waals surface area contributed by atoms with Gasteiger partial charge < -0.3 is 14.2 Å². The molecule has 0 saturated carbocycles. The SMILES string of the molecule is COc1cc(/C=C/C(=O)Nc2ccnc3ccnn23)ccc1OS(=O)(=O)c1ccc(C)cc1. The lowest BCUT2D eigenvalue weighted by molar-refractivity contribution is -0.111. The van der Waals surface area contributed by atoms with Crippen LogP contribution in [0.1, 0.15) is 11.1 Å². The number of carbonyl (C=O) groups excluding carboxylic acids is 1. The number of hydrogen-bond donors (Lipinski definition) is 1. The summed E-state index contributed by atoms with van der Waals surface area (Å²) in [5, 5.41) is 6.85. The second kappa shape index (κ2) is 9.13. The Hall–Kier alpha value is -4.18. The van der Waals surface area contributed by atoms with Gasteiger partial charge in [-0.1, -0.05) is 23.8 Å². The number of fused-ring (bicyclic) bond motifs is 1. The maximum absolute atomic E-state index is 12.6. The normalized spacial score (nSPS) is 11.6. The minimum atomic E-state index is -4.02. The number of aryl methyl sites for hydroxylation is 1. The van der Waals surface area contributed by atoms with Crippen molar-refractivity contribution in [1.82, 2.24) is 14.6 Å². The highest BCUT2D eigenvalue weighted by molar-refractivity contribution is 7.87. The predicted molar refractivity (Wildman–Crippen MR) is 123 cm³/mol. The summed E-state index contributed by atoms with van der Waals surface area (Å²) in [6, 6.07) is 14.4. The van der Waals surface area contributed by atoms with Gasteiger partial charge in [0, 0.05) is 18.3 Å². The molecule has 33 heavy (non-hydrogen) atoms. The fourth-order valence-corrected chi connectivity index (χ4v) is 3.94. The second-order valence-corrected chi connectivity index (χ2v) is 8.56. The zero-order chi connectivity index (χ0) is 23.4. The lowest BCUT2D eigenvalue weighted by atomic mass is 10.2. The number of nitrogens with zero attached hydrogens (tertiary/aromatic N) is 3. The lowest BCUT2D eigenvalue weighted by Gasteiger charge is -2.11. The van der Waals surface area contributed by atoms with E-state index in [1.54, 1.807) is 54.9 Å². The van der Waals surface area contributed by atoms with E-state index in [-0.39, 0.29) is 22.3 Å². The Morgan fingerprint density at radius 2 is 1.82 bits per heavy atom. The summed E-state index contributed by atoms with van der Waals surface area (Å²) in [7, 11) is -2.62. The van der Waals surface area contributed by atoms with Gasteiger partial charge in [-0.2, -0.15) is 18.0 Å². The monoisotopic (exact) mass is 464 g/mol. The Bertz CT molecular complexity index is 1440. The third-order valence-electron chi connectivity index (χ3n) is 4.67. The molecule has 0 saturated heterocycles. The summed E-state index contributed by atoms with van der Waals surface area (Å²) in [6.07, 6.45) is 6.07. The van der Waals surface area contributed by atoms with Crippen molar-refractivity contribution in [3.63, 3.8) is 0 Å². The van der Waals surface area contributed by atoms with Crippen molar-refractivity contribution in [3.05, 3.63) is 84.2 Å². The number of hydrogen-bond acceptors (Lipinski definition) is 7. The Morgan fingerprint density at radius 1 is 1.03 bits per heavy atom. The Labute approximate surface area is 190 Å². The first kappa shape index (κ1) is 22.0. The molecule has 0 aliphatic heterocycles. The largest absolute Gasteiger partial charge is 0.493 e. The predicted octanol–water partition coefficient (Wildman–Crippen LogP) is 3.47. The van der Waals surface area contributed by atoms with Gasteiger partial charge in [-0.05, 0) is 48.9 Å². The number of carbonyl (C=O) groups is 1. The molecule has 1 N–H and O–H groups in total. The molecule has 0 fully saturated rings. The molecule has 2 aromatic heterocycles. The Kier molecular flexibility index (Phi) is 6.09. The lowest BCUT2D eigenvalue weighted by Crippen LogP contribution is -2.12. The molecule has 4 rings (SSSR count). The van der Waals surface area contributed by atoms with E-state index in [2.05, 4.69) is 15.4 Å². The summed E-state index contributed by atoms with van der Waals surface area (Å²) in [5.74, 6) is 0.347. The van der Waals surface area contributed by atoms with Crippen molar-refractivity contribution in [2.45, 2.75) is 11.8 Å². The van der Waals surface area contributed by atoms with Crippen LogP contribution in [-0.4, -0.2) is 36.0 Å². The number of rotatable bonds is 7. The number of anilines is 1. The van der Waals surface area contributed by atoms with Gasteiger partial charge in [0.05, 0.1) is 13.3 Å². The maximum Gasteiger partial charge on any atom is 0.339 e. The first-order valence-corrected chi connectivity index (χ1v) is 11.2. The second-order valence-electron chi connectivity index (χ2n) is 7.01. The smallest absolute Gasteiger partial charge is 0.339 e. The van der Waals surface area contributed by atoms with Crippen LogP contribution in [0.3, 0.4) is 0 Å². The summed E-state index contributed by atoms with van der Waals surface area (Å²) >= 11 is 0. The molecule has 0 atom stereocenters. The fraction of sp³-hybridized carbons (Fsp3) is 0.0870. The summed E-state index contributed by atoms with van der Waals surface area (Å²) in [4.78, 5) is 16.5. The number of ether oxygens (including phenoxy) is 1. The molecule has 168 valence electrons. The van der Waals surface area contributed by atoms with Crippen molar-refractivity contribution < 1.29 is 22.1 Å². The number of nitrogens with one attached hydrogen (secondary N) is 1. The van der Waals surface area contributed by atoms with Crippen LogP contribution in [-0.2, 0) is 14.9 Å². The van der Waals surface area contributed by atoms with Crippen LogP contribution in [0.2, 0.25) is 0 Å². The van der Waals surface area contributed by atoms with E-state index in [9.17, 15) is 13.2 Å². The molecule has 4 aromatic rings. The Morgan fingerprint density at radius 3 is 2.58 bits per heavy atom. The van der Waals surface area contributed by atoms with Crippen molar-refractivity contribution >= 4 is 33.6 Å². The first-order valence-electron chi connectivity index (χ1n) is 9.83. The van der Waals surface area contributed by atoms with Crippen LogP contribution in [0, 0.1) is 6.92 Å². The van der Waals surface area contributed by atoms with Crippen LogP contribution >= 0.6 is 0 Å². The molecule has 0 aliphatic rings. The molecule has 2 heterocycles. The van der Waals surface area contributed by atoms with Crippen LogP contribution in [0.25, 0.3) is 11.7 Å². The molecule has 2 aromatic carbocycles. The van der Waals surface area contributed by atoms with Crippen LogP contribution in [0.15, 0.2) is 78.0 Å². The molecule has 0 aliphatic carbocycles. The molecule has 0 spiro atoms. The van der Waals surface area contributed by atoms with Crippen molar-refractivity contribution in [2.75, 3.05) is 12.4 Å². The van der Waals surface area contributed by atoms with Crippen LogP contribution < -0.4 is 14.2 Å². The molecule has 9 nitrogen and oxygen atoms in total. The van der Waals surface area contributed by atoms with E-state index < -0.39 is 10.1 Å². The third kappa shape index (κ3) is 5.01. The maximum atomic E-state index is 12.6. The molecular formula is C23H20N4O5S. The van der Waals surface area contributed by atoms with Crippen LogP contribution in [0.4, 0.5) is 5.82 Å². The van der Waals surface area contributed by atoms with E-state index >= 15 is 0 Å². The highest BCUT2D eigenvalue weighted by atomic mass is 32.2. The van der Waals surface area contributed by atoms with Gasteiger partial charge in [0.1, 0.15) is 10.7 Å². The van der Waals surface area contributed by atoms with E-state index in [1.165, 1.54) is 35.9 Å². The minimum absolute atomic E-state index is 0.0394. The molecular weight excluding hydrogens is 444 g/mol. The van der Waals surface area contributed by atoms with Gasteiger partial charge in [-0.15, -0.1) is 0 Å². The summed E-state index contributed by atoms with van der Waals surface area (Å²) in [6.45, 7) is 1.86. The highest BCUT2D eigenvalue weighted by Crippen LogP contribution is 2.31. The number of methoxy groups -OCH3 is 1. The minimum Gasteiger partial charge on any atom is -0.493 e. The van der Waals surface area contributed by atoms with Crippen molar-refractivity contribution in [2.24, 2.45) is 0 Å². The first-order chi connectivity index (χ1) is 15.9. The van der Waals surface area contributed by atoms with E-state index in [1.807, 2.05) is 6.92 Å². The molecule has 0 radical (unpaired) electrons. The third-order valence-corrected chi connectivity index (χ3v) is 5.91. The van der Waals surface area contributed by atoms with Gasteiger partial charge in [0.2, 0.25) is 5.91 Å². The van der Waals surface area contributed by atoms with E-state index in [0.29, 0.717) is 17.0 Å². The molecule has 0 bridgehead atoms. The van der Waals surface area contributed by atoms with Gasteiger partial charge >= 0.3 is 10.1 Å². The van der Waals surface area contributed by atoms with E-state index in [4.69, 9.17) is 8.92 Å². The topological polar surface area (TPSA) is 112 Å². The highest BCUT2D eigenvalue weighted by Gasteiger charge is 2.19. The van der Waals surface area contributed by atoms with Gasteiger partial charge in [-0.3, -0.25) is 4.79 Å². The average molecular weight is 465 g/mol. The Balaban J connectivity index is 1.49. The average Bonchev–Trinajstić information content (AvgIpc) is 3.28. The number of benzene rings is 2. The van der Waals surface area contributed by atoms with E-state index in [0.717, 1.165) is 5.56 Å². The van der Waals surface area contributed by atoms with Crippen molar-refractivity contribution in [3.8, 4) is 11.5 Å². The summed E-state index contributed by atoms with van der Waals surface area (Å²) in [5.41, 5.74) is 2.16. The molecule has 10 heteroatoms. The quantitative estimate of drug-likeness (QED) is 0.329. The van der Waals surface area contributed by atoms with Gasteiger partial charge in [-0.25, -0.2) is 4.98 Å². The zero-order valence-electron chi connectivity index (χ0n) is 17.8. The summed E-state index contributed by atoms with van der Waals surface area (Å²) < 4.78 is 37.2. The number of amides is 1. The van der Waals surface area contributed by atoms with Crippen molar-refractivity contribution in [1.29, 1.82) is 0 Å². The zero-order valence-corrected chi connectivity index (χ0v) is 18.6. The number of aromatic nitrogens is 3. The van der Waals surface area contributed by atoms with Gasteiger partial charge in [0.25, 0.3) is 0 Å². The molecule has 0 unspecified atom stereocenters. The fourth-order valence-electron chi connectivity index (χ4n) is 3.00.